The van der Waals surface area contributed by atoms with Crippen molar-refractivity contribution in [3.05, 3.63) is 35.5 Å². The number of benzene rings is 1. The zero-order valence-corrected chi connectivity index (χ0v) is 14.8. The van der Waals surface area contributed by atoms with Gasteiger partial charge < -0.3 is 27.4 Å². The highest BCUT2D eigenvalue weighted by Crippen LogP contribution is 2.22. The van der Waals surface area contributed by atoms with Gasteiger partial charge in [-0.1, -0.05) is 13.0 Å². The number of nitrogens with one attached hydrogen (secondary N) is 3. The standard InChI is InChI=1S/C17H23N7O2/c1-3-6-20-15-12(9-21-17(19)24-15)16(26)22-11-5-4-10(2)13(7-11)23-14(25)8-18/h4-5,7,9H,3,6,8,18H2,1-2H3,(H,22,26)(H,23,25)(H3,19,20,21,24). The first-order valence-corrected chi connectivity index (χ1v) is 8.23. The molecule has 9 heteroatoms. The van der Waals surface area contributed by atoms with Crippen LogP contribution in [0.5, 0.6) is 0 Å². The highest BCUT2D eigenvalue weighted by Gasteiger charge is 2.15. The van der Waals surface area contributed by atoms with E-state index in [2.05, 4.69) is 25.9 Å². The van der Waals surface area contributed by atoms with Crippen LogP contribution in [0.3, 0.4) is 0 Å². The molecule has 1 heterocycles. The summed E-state index contributed by atoms with van der Waals surface area (Å²) in [6.45, 7) is 4.38. The predicted molar refractivity (Wildman–Crippen MR) is 102 cm³/mol. The monoisotopic (exact) mass is 357 g/mol. The lowest BCUT2D eigenvalue weighted by atomic mass is 10.1. The quantitative estimate of drug-likeness (QED) is 0.502. The second kappa shape index (κ2) is 8.77. The predicted octanol–water partition coefficient (Wildman–Crippen LogP) is 1.34. The third kappa shape index (κ3) is 4.90. The number of carbonyl (C=O) groups is 2. The highest BCUT2D eigenvalue weighted by atomic mass is 16.2. The van der Waals surface area contributed by atoms with Crippen LogP contribution in [0.1, 0.15) is 29.3 Å². The smallest absolute Gasteiger partial charge is 0.260 e. The minimum Gasteiger partial charge on any atom is -0.369 e. The molecule has 0 aliphatic rings. The molecule has 138 valence electrons. The molecular formula is C17H23N7O2. The Hall–Kier alpha value is -3.20. The fraction of sp³-hybridized carbons (Fsp3) is 0.294. The average molecular weight is 357 g/mol. The molecule has 1 aromatic carbocycles. The molecule has 1 aromatic heterocycles. The summed E-state index contributed by atoms with van der Waals surface area (Å²) < 4.78 is 0. The van der Waals surface area contributed by atoms with Gasteiger partial charge in [0.25, 0.3) is 5.91 Å². The summed E-state index contributed by atoms with van der Waals surface area (Å²) in [5.74, 6) is -0.235. The van der Waals surface area contributed by atoms with Crippen LogP contribution in [0.4, 0.5) is 23.1 Å². The number of nitrogens with zero attached hydrogens (tertiary/aromatic N) is 2. The number of amides is 2. The summed E-state index contributed by atoms with van der Waals surface area (Å²) in [6.07, 6.45) is 2.24. The summed E-state index contributed by atoms with van der Waals surface area (Å²) in [6, 6.07) is 5.19. The van der Waals surface area contributed by atoms with Gasteiger partial charge in [0.05, 0.1) is 6.54 Å². The van der Waals surface area contributed by atoms with E-state index in [1.54, 1.807) is 18.2 Å². The van der Waals surface area contributed by atoms with Crippen molar-refractivity contribution in [2.45, 2.75) is 20.3 Å². The van der Waals surface area contributed by atoms with Gasteiger partial charge in [-0.05, 0) is 31.0 Å². The number of nitrogens with two attached hydrogens (primary N) is 2. The number of anilines is 4. The van der Waals surface area contributed by atoms with E-state index in [9.17, 15) is 9.59 Å². The van der Waals surface area contributed by atoms with Gasteiger partial charge in [0.1, 0.15) is 11.4 Å². The van der Waals surface area contributed by atoms with Crippen molar-refractivity contribution in [2.75, 3.05) is 34.8 Å². The molecule has 0 unspecified atom stereocenters. The van der Waals surface area contributed by atoms with E-state index in [1.807, 2.05) is 13.8 Å². The second-order valence-corrected chi connectivity index (χ2v) is 5.65. The van der Waals surface area contributed by atoms with Crippen LogP contribution >= 0.6 is 0 Å². The molecule has 0 saturated carbocycles. The van der Waals surface area contributed by atoms with Gasteiger partial charge in [0, 0.05) is 24.1 Å². The molecule has 0 spiro atoms. The minimum absolute atomic E-state index is 0.0854. The number of aromatic nitrogens is 2. The van der Waals surface area contributed by atoms with E-state index in [-0.39, 0.29) is 29.9 Å². The molecule has 0 bridgehead atoms. The van der Waals surface area contributed by atoms with Gasteiger partial charge in [-0.3, -0.25) is 9.59 Å². The van der Waals surface area contributed by atoms with Crippen molar-refractivity contribution in [1.29, 1.82) is 0 Å². The van der Waals surface area contributed by atoms with Crippen LogP contribution in [-0.2, 0) is 4.79 Å². The molecule has 0 aliphatic carbocycles. The van der Waals surface area contributed by atoms with E-state index >= 15 is 0 Å². The largest absolute Gasteiger partial charge is 0.369 e. The Bertz CT molecular complexity index is 808. The Kier molecular flexibility index (Phi) is 6.45. The Morgan fingerprint density at radius 3 is 2.69 bits per heavy atom. The maximum atomic E-state index is 12.6. The summed E-state index contributed by atoms with van der Waals surface area (Å²) in [4.78, 5) is 32.1. The fourth-order valence-corrected chi connectivity index (χ4v) is 2.17. The Labute approximate surface area is 151 Å². The molecule has 0 fully saturated rings. The van der Waals surface area contributed by atoms with Gasteiger partial charge in [-0.25, -0.2) is 4.98 Å². The molecule has 2 aromatic rings. The average Bonchev–Trinajstić information content (AvgIpc) is 2.62. The van der Waals surface area contributed by atoms with Crippen molar-refractivity contribution in [2.24, 2.45) is 5.73 Å². The molecule has 2 amide bonds. The first-order chi connectivity index (χ1) is 12.4. The fourth-order valence-electron chi connectivity index (χ4n) is 2.17. The molecule has 9 nitrogen and oxygen atoms in total. The van der Waals surface area contributed by atoms with Crippen molar-refractivity contribution in [1.82, 2.24) is 9.97 Å². The SMILES string of the molecule is CCCNc1nc(N)ncc1C(=O)Nc1ccc(C)c(NC(=O)CN)c1. The van der Waals surface area contributed by atoms with Gasteiger partial charge in [-0.15, -0.1) is 0 Å². The van der Waals surface area contributed by atoms with E-state index in [0.29, 0.717) is 23.7 Å². The van der Waals surface area contributed by atoms with Crippen molar-refractivity contribution in [3.8, 4) is 0 Å². The number of nitrogen functional groups attached to an aromatic ring is 1. The van der Waals surface area contributed by atoms with E-state index in [4.69, 9.17) is 11.5 Å². The van der Waals surface area contributed by atoms with Crippen LogP contribution in [-0.4, -0.2) is 34.9 Å². The normalized spacial score (nSPS) is 10.3. The lowest BCUT2D eigenvalue weighted by molar-refractivity contribution is -0.114. The zero-order valence-electron chi connectivity index (χ0n) is 14.8. The highest BCUT2D eigenvalue weighted by molar-refractivity contribution is 6.07. The number of rotatable bonds is 7. The maximum absolute atomic E-state index is 12.6. The molecule has 0 atom stereocenters. The summed E-state index contributed by atoms with van der Waals surface area (Å²) >= 11 is 0. The summed E-state index contributed by atoms with van der Waals surface area (Å²) in [7, 11) is 0. The maximum Gasteiger partial charge on any atom is 0.260 e. The van der Waals surface area contributed by atoms with Crippen molar-refractivity contribution in [3.63, 3.8) is 0 Å². The molecule has 2 rings (SSSR count). The van der Waals surface area contributed by atoms with Crippen LogP contribution in [0.15, 0.2) is 24.4 Å². The van der Waals surface area contributed by atoms with Crippen molar-refractivity contribution < 1.29 is 9.59 Å². The zero-order chi connectivity index (χ0) is 19.1. The second-order valence-electron chi connectivity index (χ2n) is 5.65. The number of aryl methyl sites for hydroxylation is 1. The molecule has 7 N–H and O–H groups in total. The van der Waals surface area contributed by atoms with E-state index in [0.717, 1.165) is 12.0 Å². The third-order valence-corrected chi connectivity index (χ3v) is 3.55. The van der Waals surface area contributed by atoms with Gasteiger partial charge >= 0.3 is 0 Å². The van der Waals surface area contributed by atoms with E-state index < -0.39 is 0 Å². The van der Waals surface area contributed by atoms with Crippen LogP contribution in [0.2, 0.25) is 0 Å². The van der Waals surface area contributed by atoms with E-state index in [1.165, 1.54) is 6.20 Å². The van der Waals surface area contributed by atoms with Crippen LogP contribution in [0.25, 0.3) is 0 Å². The van der Waals surface area contributed by atoms with Gasteiger partial charge in [0.2, 0.25) is 11.9 Å². The first kappa shape index (κ1) is 19.1. The molecule has 0 aliphatic heterocycles. The first-order valence-electron chi connectivity index (χ1n) is 8.23. The number of carbonyl (C=O) groups excluding carboxylic acids is 2. The molecular weight excluding hydrogens is 334 g/mol. The Morgan fingerprint density at radius 1 is 1.23 bits per heavy atom. The van der Waals surface area contributed by atoms with Crippen LogP contribution in [0, 0.1) is 6.92 Å². The molecule has 0 saturated heterocycles. The lowest BCUT2D eigenvalue weighted by Crippen LogP contribution is -2.22. The summed E-state index contributed by atoms with van der Waals surface area (Å²) in [5, 5.41) is 8.52. The van der Waals surface area contributed by atoms with Crippen LogP contribution < -0.4 is 27.4 Å². The van der Waals surface area contributed by atoms with Gasteiger partial charge in [0.15, 0.2) is 0 Å². The molecule has 0 radical (unpaired) electrons. The van der Waals surface area contributed by atoms with Crippen molar-refractivity contribution >= 4 is 35.0 Å². The lowest BCUT2D eigenvalue weighted by Gasteiger charge is -2.13. The Balaban J connectivity index is 2.22. The third-order valence-electron chi connectivity index (χ3n) is 3.55. The summed E-state index contributed by atoms with van der Waals surface area (Å²) in [5.41, 5.74) is 13.2. The number of hydrogen-bond acceptors (Lipinski definition) is 7. The number of hydrogen-bond donors (Lipinski definition) is 5. The Morgan fingerprint density at radius 2 is 2.00 bits per heavy atom. The molecule has 26 heavy (non-hydrogen) atoms. The van der Waals surface area contributed by atoms with Gasteiger partial charge in [-0.2, -0.15) is 4.98 Å². The topological polar surface area (TPSA) is 148 Å². The minimum atomic E-state index is -0.386.